The Balaban J connectivity index is 1.60. The standard InChI is InChI=1S/C21H24N4O3/c1-16-13-19(24-11-5-2-6-12-24)10-9-18(16)15-22-23-21(26)14-17-7-3-4-8-20(17)25(27)28/h3-4,7-10,13,15H,2,5-6,11-12,14H2,1H3,(H,23,26)/b22-15+. The molecular formula is C21H24N4O3. The number of carbonyl (C=O) groups excluding carboxylic acids is 1. The molecule has 1 saturated heterocycles. The molecule has 1 heterocycles. The monoisotopic (exact) mass is 380 g/mol. The lowest BCUT2D eigenvalue weighted by Gasteiger charge is -2.29. The molecule has 0 bridgehead atoms. The van der Waals surface area contributed by atoms with Crippen molar-refractivity contribution in [1.29, 1.82) is 0 Å². The molecule has 1 aliphatic heterocycles. The van der Waals surface area contributed by atoms with Gasteiger partial charge in [-0.15, -0.1) is 0 Å². The largest absolute Gasteiger partial charge is 0.372 e. The number of piperidine rings is 1. The molecule has 0 spiro atoms. The first-order valence-corrected chi connectivity index (χ1v) is 9.44. The molecule has 0 saturated carbocycles. The van der Waals surface area contributed by atoms with Gasteiger partial charge in [0.2, 0.25) is 5.91 Å². The molecule has 7 nitrogen and oxygen atoms in total. The fraction of sp³-hybridized carbons (Fsp3) is 0.333. The van der Waals surface area contributed by atoms with E-state index in [1.165, 1.54) is 31.0 Å². The Labute approximate surface area is 164 Å². The summed E-state index contributed by atoms with van der Waals surface area (Å²) in [5.41, 5.74) is 5.97. The number of aryl methyl sites for hydroxylation is 1. The summed E-state index contributed by atoms with van der Waals surface area (Å²) in [5.74, 6) is -0.395. The SMILES string of the molecule is Cc1cc(N2CCCCC2)ccc1/C=N/NC(=O)Cc1ccccc1[N+](=O)[O-]. The number of nitrogens with zero attached hydrogens (tertiary/aromatic N) is 3. The zero-order chi connectivity index (χ0) is 19.9. The van der Waals surface area contributed by atoms with Gasteiger partial charge in [0.15, 0.2) is 0 Å². The molecule has 1 fully saturated rings. The number of para-hydroxylation sites is 1. The molecule has 0 radical (unpaired) electrons. The van der Waals surface area contributed by atoms with E-state index in [1.807, 2.05) is 13.0 Å². The van der Waals surface area contributed by atoms with E-state index in [4.69, 9.17) is 0 Å². The lowest BCUT2D eigenvalue weighted by Crippen LogP contribution is -2.29. The van der Waals surface area contributed by atoms with E-state index in [0.717, 1.165) is 24.2 Å². The zero-order valence-electron chi connectivity index (χ0n) is 15.9. The molecular weight excluding hydrogens is 356 g/mol. The Hall–Kier alpha value is -3.22. The van der Waals surface area contributed by atoms with Crippen LogP contribution in [0.2, 0.25) is 0 Å². The molecule has 7 heteroatoms. The summed E-state index contributed by atoms with van der Waals surface area (Å²) in [6.07, 6.45) is 5.27. The average Bonchev–Trinajstić information content (AvgIpc) is 2.70. The van der Waals surface area contributed by atoms with Gasteiger partial charge >= 0.3 is 0 Å². The van der Waals surface area contributed by atoms with Crippen molar-refractivity contribution in [1.82, 2.24) is 5.43 Å². The lowest BCUT2D eigenvalue weighted by atomic mass is 10.1. The number of rotatable bonds is 6. The topological polar surface area (TPSA) is 87.8 Å². The van der Waals surface area contributed by atoms with E-state index < -0.39 is 10.8 Å². The maximum atomic E-state index is 12.1. The first-order chi connectivity index (χ1) is 13.5. The molecule has 2 aromatic rings. The van der Waals surface area contributed by atoms with Gasteiger partial charge in [0, 0.05) is 30.4 Å². The van der Waals surface area contributed by atoms with Gasteiger partial charge in [-0.05, 0) is 49.4 Å². The van der Waals surface area contributed by atoms with E-state index in [0.29, 0.717) is 5.56 Å². The highest BCUT2D eigenvalue weighted by molar-refractivity contribution is 5.85. The average molecular weight is 380 g/mol. The smallest absolute Gasteiger partial charge is 0.273 e. The Morgan fingerprint density at radius 2 is 1.96 bits per heavy atom. The summed E-state index contributed by atoms with van der Waals surface area (Å²) in [7, 11) is 0. The minimum absolute atomic E-state index is 0.0641. The van der Waals surface area contributed by atoms with Crippen LogP contribution in [0.3, 0.4) is 0 Å². The number of nitro groups is 1. The lowest BCUT2D eigenvalue weighted by molar-refractivity contribution is -0.385. The zero-order valence-corrected chi connectivity index (χ0v) is 15.9. The minimum Gasteiger partial charge on any atom is -0.372 e. The van der Waals surface area contributed by atoms with Gasteiger partial charge in [0.1, 0.15) is 0 Å². The van der Waals surface area contributed by atoms with E-state index >= 15 is 0 Å². The summed E-state index contributed by atoms with van der Waals surface area (Å²) in [6, 6.07) is 12.4. The summed E-state index contributed by atoms with van der Waals surface area (Å²) < 4.78 is 0. The highest BCUT2D eigenvalue weighted by atomic mass is 16.6. The second-order valence-electron chi connectivity index (χ2n) is 6.94. The Morgan fingerprint density at radius 1 is 1.21 bits per heavy atom. The van der Waals surface area contributed by atoms with Crippen LogP contribution >= 0.6 is 0 Å². The molecule has 2 aromatic carbocycles. The minimum atomic E-state index is -0.487. The Bertz CT molecular complexity index is 889. The molecule has 0 atom stereocenters. The van der Waals surface area contributed by atoms with Crippen LogP contribution in [0.4, 0.5) is 11.4 Å². The van der Waals surface area contributed by atoms with Gasteiger partial charge in [-0.3, -0.25) is 14.9 Å². The third-order valence-electron chi connectivity index (χ3n) is 4.91. The first-order valence-electron chi connectivity index (χ1n) is 9.44. The van der Waals surface area contributed by atoms with Crippen molar-refractivity contribution in [3.8, 4) is 0 Å². The third kappa shape index (κ3) is 4.94. The number of anilines is 1. The van der Waals surface area contributed by atoms with Gasteiger partial charge < -0.3 is 4.90 Å². The fourth-order valence-electron chi connectivity index (χ4n) is 3.38. The third-order valence-corrected chi connectivity index (χ3v) is 4.91. The molecule has 28 heavy (non-hydrogen) atoms. The van der Waals surface area contributed by atoms with Crippen LogP contribution in [0.1, 0.15) is 36.0 Å². The molecule has 1 aliphatic rings. The first kappa shape index (κ1) is 19.5. The fourth-order valence-corrected chi connectivity index (χ4v) is 3.38. The number of hydrogen-bond donors (Lipinski definition) is 1. The van der Waals surface area contributed by atoms with Crippen molar-refractivity contribution in [2.24, 2.45) is 5.10 Å². The summed E-state index contributed by atoms with van der Waals surface area (Å²) in [5, 5.41) is 15.0. The number of amides is 1. The van der Waals surface area contributed by atoms with Gasteiger partial charge in [0.05, 0.1) is 17.6 Å². The van der Waals surface area contributed by atoms with Crippen LogP contribution in [0.15, 0.2) is 47.6 Å². The molecule has 0 unspecified atom stereocenters. The van der Waals surface area contributed by atoms with Gasteiger partial charge in [-0.2, -0.15) is 5.10 Å². The van der Waals surface area contributed by atoms with Gasteiger partial charge in [-0.1, -0.05) is 24.3 Å². The van der Waals surface area contributed by atoms with E-state index in [2.05, 4.69) is 27.6 Å². The number of hydrogen-bond acceptors (Lipinski definition) is 5. The molecule has 1 N–H and O–H groups in total. The quantitative estimate of drug-likeness (QED) is 0.471. The van der Waals surface area contributed by atoms with Crippen molar-refractivity contribution in [2.45, 2.75) is 32.6 Å². The van der Waals surface area contributed by atoms with Crippen LogP contribution < -0.4 is 10.3 Å². The molecule has 1 amide bonds. The van der Waals surface area contributed by atoms with Crippen LogP contribution in [0.25, 0.3) is 0 Å². The predicted molar refractivity (Wildman–Crippen MR) is 110 cm³/mol. The number of hydrazone groups is 1. The summed E-state index contributed by atoms with van der Waals surface area (Å²) in [4.78, 5) is 25.0. The van der Waals surface area contributed by atoms with Crippen LogP contribution in [0, 0.1) is 17.0 Å². The highest BCUT2D eigenvalue weighted by Crippen LogP contribution is 2.22. The Kier molecular flexibility index (Phi) is 6.37. The van der Waals surface area contributed by atoms with Crippen molar-refractivity contribution in [3.05, 3.63) is 69.3 Å². The molecule has 146 valence electrons. The normalized spacial score (nSPS) is 14.2. The molecule has 0 aromatic heterocycles. The summed E-state index contributed by atoms with van der Waals surface area (Å²) in [6.45, 7) is 4.20. The second-order valence-corrected chi connectivity index (χ2v) is 6.94. The maximum absolute atomic E-state index is 12.1. The van der Waals surface area contributed by atoms with Crippen molar-refractivity contribution < 1.29 is 9.72 Å². The van der Waals surface area contributed by atoms with Gasteiger partial charge in [-0.25, -0.2) is 5.43 Å². The van der Waals surface area contributed by atoms with E-state index in [1.54, 1.807) is 24.4 Å². The number of carbonyl (C=O) groups is 1. The second kappa shape index (κ2) is 9.12. The maximum Gasteiger partial charge on any atom is 0.273 e. The molecule has 3 rings (SSSR count). The Morgan fingerprint density at radius 3 is 2.68 bits per heavy atom. The summed E-state index contributed by atoms with van der Waals surface area (Å²) >= 11 is 0. The number of nitrogens with one attached hydrogen (secondary N) is 1. The van der Waals surface area contributed by atoms with Crippen molar-refractivity contribution in [3.63, 3.8) is 0 Å². The van der Waals surface area contributed by atoms with Crippen molar-refractivity contribution >= 4 is 23.5 Å². The van der Waals surface area contributed by atoms with Crippen LogP contribution in [0.5, 0.6) is 0 Å². The van der Waals surface area contributed by atoms with Crippen molar-refractivity contribution in [2.75, 3.05) is 18.0 Å². The van der Waals surface area contributed by atoms with Crippen LogP contribution in [-0.2, 0) is 11.2 Å². The number of nitro benzene ring substituents is 1. The predicted octanol–water partition coefficient (Wildman–Crippen LogP) is 3.59. The van der Waals surface area contributed by atoms with E-state index in [-0.39, 0.29) is 12.1 Å². The van der Waals surface area contributed by atoms with Gasteiger partial charge in [0.25, 0.3) is 5.69 Å². The van der Waals surface area contributed by atoms with Crippen LogP contribution in [-0.4, -0.2) is 30.1 Å². The number of benzene rings is 2. The van der Waals surface area contributed by atoms with E-state index in [9.17, 15) is 14.9 Å². The molecule has 0 aliphatic carbocycles. The highest BCUT2D eigenvalue weighted by Gasteiger charge is 2.15.